The van der Waals surface area contributed by atoms with Gasteiger partial charge in [-0.3, -0.25) is 19.2 Å². The van der Waals surface area contributed by atoms with Gasteiger partial charge in [0.2, 0.25) is 5.41 Å². The molecule has 2 aliphatic heterocycles. The maximum Gasteiger partial charge on any atom is 0.411 e. The first-order chi connectivity index (χ1) is 25.6. The molecular formula is C35H40F6N2O10S2. The minimum Gasteiger partial charge on any atom is -0.266 e. The summed E-state index contributed by atoms with van der Waals surface area (Å²) in [5, 5.41) is -0.503. The number of rotatable bonds is 20. The molecule has 2 aromatic rings. The monoisotopic (exact) mass is 826 g/mol. The van der Waals surface area contributed by atoms with Crippen LogP contribution in [0, 0.1) is 0 Å². The summed E-state index contributed by atoms with van der Waals surface area (Å²) in [6.07, 6.45) is -4.65. The summed E-state index contributed by atoms with van der Waals surface area (Å²) in [5.41, 5.74) is -11.9. The highest BCUT2D eigenvalue weighted by molar-refractivity contribution is 7.86. The number of nitrogens with zero attached hydrogens (tertiary/aromatic N) is 2. The number of hydrogen-bond acceptors (Lipinski definition) is 10. The van der Waals surface area contributed by atoms with Gasteiger partial charge in [-0.15, -0.1) is 18.7 Å². The van der Waals surface area contributed by atoms with E-state index in [1.165, 1.54) is 0 Å². The molecule has 20 heteroatoms. The molecule has 55 heavy (non-hydrogen) atoms. The van der Waals surface area contributed by atoms with Gasteiger partial charge in [-0.1, -0.05) is 90.2 Å². The molecule has 0 aromatic heterocycles. The lowest BCUT2D eigenvalue weighted by Gasteiger charge is -2.38. The van der Waals surface area contributed by atoms with E-state index in [0.29, 0.717) is 37.8 Å². The van der Waals surface area contributed by atoms with Gasteiger partial charge in [0.1, 0.15) is 0 Å². The van der Waals surface area contributed by atoms with Crippen molar-refractivity contribution in [1.82, 2.24) is 10.1 Å². The zero-order valence-electron chi connectivity index (χ0n) is 29.9. The normalized spacial score (nSPS) is 15.3. The van der Waals surface area contributed by atoms with Crippen molar-refractivity contribution in [1.29, 1.82) is 0 Å². The fourth-order valence-corrected chi connectivity index (χ4v) is 8.43. The highest BCUT2D eigenvalue weighted by Gasteiger charge is 2.73. The number of halogens is 6. The van der Waals surface area contributed by atoms with E-state index in [1.54, 1.807) is 0 Å². The fraction of sp³-hybridized carbons (Fsp3) is 0.543. The standard InChI is InChI=1S/C35H40F6N2O10S2/c1-3-5-7-9-11-13-19-54(48,49)52-42-29(44)25-17-15-23(21-27(25)31(42)46)33(34(36,37)38,35(39,40)41)24-16-18-26-28(22-24)32(47)43(30(26)45)53-55(50,51)20-14-12-10-8-6-4-2/h15-18,21-22H,3-14,19-20H2,1-2H3. The number of carbonyl (C=O) groups is 4. The Hall–Kier alpha value is -3.88. The van der Waals surface area contributed by atoms with Crippen molar-refractivity contribution in [2.75, 3.05) is 11.5 Å². The van der Waals surface area contributed by atoms with Crippen LogP contribution in [0.25, 0.3) is 0 Å². The lowest BCUT2D eigenvalue weighted by Crippen LogP contribution is -2.55. The van der Waals surface area contributed by atoms with E-state index in [0.717, 1.165) is 38.5 Å². The Morgan fingerprint density at radius 3 is 1.13 bits per heavy atom. The number of alkyl halides is 6. The summed E-state index contributed by atoms with van der Waals surface area (Å²) in [7, 11) is -9.20. The molecule has 0 bridgehead atoms. The first-order valence-electron chi connectivity index (χ1n) is 17.7. The van der Waals surface area contributed by atoms with E-state index in [9.17, 15) is 36.0 Å². The summed E-state index contributed by atoms with van der Waals surface area (Å²) >= 11 is 0. The maximum atomic E-state index is 15.1. The molecule has 0 atom stereocenters. The van der Waals surface area contributed by atoms with Crippen LogP contribution in [-0.4, -0.2) is 74.4 Å². The van der Waals surface area contributed by atoms with Crippen molar-refractivity contribution in [3.8, 4) is 0 Å². The van der Waals surface area contributed by atoms with Crippen molar-refractivity contribution >= 4 is 43.9 Å². The minimum atomic E-state index is -6.28. The first kappa shape index (κ1) is 43.8. The largest absolute Gasteiger partial charge is 0.411 e. The van der Waals surface area contributed by atoms with Crippen molar-refractivity contribution < 1.29 is 70.9 Å². The number of carbonyl (C=O) groups excluding carboxylic acids is 4. The molecule has 2 heterocycles. The number of hydrogen-bond donors (Lipinski definition) is 0. The zero-order valence-corrected chi connectivity index (χ0v) is 31.6. The summed E-state index contributed by atoms with van der Waals surface area (Å²) in [6.45, 7) is 3.96. The van der Waals surface area contributed by atoms with E-state index in [4.69, 9.17) is 0 Å². The average Bonchev–Trinajstić information content (AvgIpc) is 3.46. The Kier molecular flexibility index (Phi) is 13.6. The van der Waals surface area contributed by atoms with Gasteiger partial charge in [-0.2, -0.15) is 43.2 Å². The van der Waals surface area contributed by atoms with Crippen molar-refractivity contribution in [3.05, 3.63) is 69.8 Å². The van der Waals surface area contributed by atoms with Gasteiger partial charge < -0.3 is 0 Å². The predicted octanol–water partition coefficient (Wildman–Crippen LogP) is 7.53. The molecule has 0 N–H and O–H groups in total. The average molecular weight is 827 g/mol. The Labute approximate surface area is 314 Å². The SMILES string of the molecule is CCCCCCCCS(=O)(=O)ON1C(=O)c2ccc(C(c3ccc4c(c3)C(=O)N(OS(=O)(=O)CCCCCCCC)C4=O)(C(F)(F)F)C(F)(F)F)cc2C1=O. The second-order valence-electron chi connectivity index (χ2n) is 13.3. The van der Waals surface area contributed by atoms with Gasteiger partial charge >= 0.3 is 12.4 Å². The number of unbranched alkanes of at least 4 members (excludes halogenated alkanes) is 10. The number of amides is 4. The van der Waals surface area contributed by atoms with Gasteiger partial charge in [0.15, 0.2) is 0 Å². The minimum absolute atomic E-state index is 0.0901. The van der Waals surface area contributed by atoms with Gasteiger partial charge in [0.05, 0.1) is 33.8 Å². The van der Waals surface area contributed by atoms with Crippen LogP contribution in [0.4, 0.5) is 26.3 Å². The maximum absolute atomic E-state index is 15.1. The third-order valence-electron chi connectivity index (χ3n) is 9.29. The van der Waals surface area contributed by atoms with E-state index in [1.807, 2.05) is 13.8 Å². The summed E-state index contributed by atoms with van der Waals surface area (Å²) in [4.78, 5) is 52.2. The molecule has 2 aliphatic rings. The fourth-order valence-electron chi connectivity index (χ4n) is 6.44. The lowest BCUT2D eigenvalue weighted by atomic mass is 9.71. The first-order valence-corrected chi connectivity index (χ1v) is 20.8. The van der Waals surface area contributed by atoms with Gasteiger partial charge in [-0.05, 0) is 48.2 Å². The van der Waals surface area contributed by atoms with E-state index >= 15 is 26.3 Å². The second-order valence-corrected chi connectivity index (χ2v) is 16.6. The zero-order chi connectivity index (χ0) is 41.0. The van der Waals surface area contributed by atoms with Crippen LogP contribution in [-0.2, 0) is 34.2 Å². The third kappa shape index (κ3) is 9.23. The highest BCUT2D eigenvalue weighted by Crippen LogP contribution is 2.57. The Morgan fingerprint density at radius 1 is 0.491 bits per heavy atom. The topological polar surface area (TPSA) is 161 Å². The van der Waals surface area contributed by atoms with Gasteiger partial charge in [0.25, 0.3) is 43.9 Å². The second kappa shape index (κ2) is 17.1. The van der Waals surface area contributed by atoms with Crippen LogP contribution < -0.4 is 0 Å². The molecule has 0 saturated heterocycles. The molecule has 2 aromatic carbocycles. The molecule has 4 rings (SSSR count). The Balaban J connectivity index is 1.66. The number of benzene rings is 2. The predicted molar refractivity (Wildman–Crippen MR) is 183 cm³/mol. The van der Waals surface area contributed by atoms with Crippen LogP contribution in [0.2, 0.25) is 0 Å². The van der Waals surface area contributed by atoms with E-state index in [2.05, 4.69) is 8.57 Å². The number of hydroxylamine groups is 4. The molecule has 0 fully saturated rings. The highest BCUT2D eigenvalue weighted by atomic mass is 32.2. The number of fused-ring (bicyclic) bond motifs is 2. The molecule has 0 saturated carbocycles. The quantitative estimate of drug-likeness (QED) is 0.0741. The summed E-state index contributed by atoms with van der Waals surface area (Å²) in [6, 6.07) is 1.75. The molecule has 0 aliphatic carbocycles. The summed E-state index contributed by atoms with van der Waals surface area (Å²) in [5.74, 6) is -7.44. The van der Waals surface area contributed by atoms with Crippen LogP contribution in [0.15, 0.2) is 36.4 Å². The van der Waals surface area contributed by atoms with Crippen LogP contribution >= 0.6 is 0 Å². The Morgan fingerprint density at radius 2 is 0.800 bits per heavy atom. The smallest absolute Gasteiger partial charge is 0.266 e. The molecule has 0 radical (unpaired) electrons. The lowest BCUT2D eigenvalue weighted by molar-refractivity contribution is -0.288. The van der Waals surface area contributed by atoms with E-state index < -0.39 is 107 Å². The number of imide groups is 2. The van der Waals surface area contributed by atoms with Crippen LogP contribution in [0.5, 0.6) is 0 Å². The molecule has 12 nitrogen and oxygen atoms in total. The van der Waals surface area contributed by atoms with Crippen molar-refractivity contribution in [3.63, 3.8) is 0 Å². The molecule has 0 spiro atoms. The van der Waals surface area contributed by atoms with Crippen molar-refractivity contribution in [2.24, 2.45) is 0 Å². The third-order valence-corrected chi connectivity index (χ3v) is 11.6. The van der Waals surface area contributed by atoms with Crippen molar-refractivity contribution in [2.45, 2.75) is 109 Å². The van der Waals surface area contributed by atoms with Crippen LogP contribution in [0.3, 0.4) is 0 Å². The molecule has 304 valence electrons. The molecule has 0 unspecified atom stereocenters. The summed E-state index contributed by atoms with van der Waals surface area (Å²) < 4.78 is 150. The molecule has 4 amide bonds. The van der Waals surface area contributed by atoms with E-state index in [-0.39, 0.29) is 47.2 Å². The van der Waals surface area contributed by atoms with Gasteiger partial charge in [-0.25, -0.2) is 0 Å². The Bertz CT molecular complexity index is 1870. The van der Waals surface area contributed by atoms with Gasteiger partial charge in [0, 0.05) is 0 Å². The van der Waals surface area contributed by atoms with Crippen LogP contribution in [0.1, 0.15) is 143 Å². The molecular weight excluding hydrogens is 787 g/mol.